The largest absolute Gasteiger partial charge is 0.381 e. The fraction of sp³-hybridized carbons (Fsp3) is 0.588. The van der Waals surface area contributed by atoms with Crippen LogP contribution >= 0.6 is 0 Å². The molecule has 2 heterocycles. The predicted octanol–water partition coefficient (Wildman–Crippen LogP) is 2.38. The molecule has 2 saturated heterocycles. The van der Waals surface area contributed by atoms with E-state index in [9.17, 15) is 4.79 Å². The fourth-order valence-electron chi connectivity index (χ4n) is 3.30. The Labute approximate surface area is 126 Å². The summed E-state index contributed by atoms with van der Waals surface area (Å²) in [5.74, 6) is 0.245. The summed E-state index contributed by atoms with van der Waals surface area (Å²) >= 11 is 0. The minimum atomic E-state index is -0.0563. The molecule has 4 heteroatoms. The lowest BCUT2D eigenvalue weighted by molar-refractivity contribution is -0.134. The van der Waals surface area contributed by atoms with E-state index in [1.165, 1.54) is 11.1 Å². The van der Waals surface area contributed by atoms with Crippen LogP contribution in [0.3, 0.4) is 0 Å². The number of carbonyl (C=O) groups excluding carboxylic acids is 1. The molecule has 1 aromatic rings. The Morgan fingerprint density at radius 3 is 2.52 bits per heavy atom. The molecule has 0 saturated carbocycles. The molecule has 0 bridgehead atoms. The molecule has 0 aromatic heterocycles. The van der Waals surface area contributed by atoms with Crippen LogP contribution in [0.25, 0.3) is 0 Å². The van der Waals surface area contributed by atoms with Crippen LogP contribution in [0.5, 0.6) is 0 Å². The first-order chi connectivity index (χ1) is 10.2. The summed E-state index contributed by atoms with van der Waals surface area (Å²) in [5.41, 5.74) is 2.42. The molecule has 0 aliphatic carbocycles. The molecule has 3 rings (SSSR count). The van der Waals surface area contributed by atoms with Gasteiger partial charge in [0.1, 0.15) is 6.17 Å². The van der Waals surface area contributed by atoms with Crippen molar-refractivity contribution >= 4 is 5.91 Å². The van der Waals surface area contributed by atoms with Crippen LogP contribution < -0.4 is 5.32 Å². The number of nitrogens with zero attached hydrogens (tertiary/aromatic N) is 1. The molecule has 2 aliphatic rings. The monoisotopic (exact) mass is 288 g/mol. The van der Waals surface area contributed by atoms with E-state index in [2.05, 4.69) is 48.3 Å². The van der Waals surface area contributed by atoms with Crippen molar-refractivity contribution in [1.29, 1.82) is 0 Å². The van der Waals surface area contributed by atoms with Crippen molar-refractivity contribution in [3.63, 3.8) is 0 Å². The Morgan fingerprint density at radius 1 is 1.24 bits per heavy atom. The summed E-state index contributed by atoms with van der Waals surface area (Å²) in [6.07, 6.45) is 2.71. The van der Waals surface area contributed by atoms with E-state index in [0.29, 0.717) is 6.04 Å². The molecule has 21 heavy (non-hydrogen) atoms. The average molecular weight is 288 g/mol. The highest BCUT2D eigenvalue weighted by Gasteiger charge is 2.42. The quantitative estimate of drug-likeness (QED) is 0.928. The highest BCUT2D eigenvalue weighted by atomic mass is 16.5. The maximum Gasteiger partial charge on any atom is 0.241 e. The van der Waals surface area contributed by atoms with Crippen molar-refractivity contribution in [1.82, 2.24) is 10.2 Å². The second kappa shape index (κ2) is 6.16. The van der Waals surface area contributed by atoms with Crippen LogP contribution in [0.4, 0.5) is 0 Å². The molecule has 2 fully saturated rings. The number of rotatable bonds is 3. The summed E-state index contributed by atoms with van der Waals surface area (Å²) in [4.78, 5) is 14.8. The molecule has 0 spiro atoms. The van der Waals surface area contributed by atoms with Crippen LogP contribution in [-0.4, -0.2) is 36.1 Å². The van der Waals surface area contributed by atoms with Gasteiger partial charge in [-0.25, -0.2) is 0 Å². The Balaban J connectivity index is 1.88. The third-order valence-corrected chi connectivity index (χ3v) is 4.58. The number of aryl methyl sites for hydroxylation is 1. The third kappa shape index (κ3) is 2.83. The van der Waals surface area contributed by atoms with Crippen LogP contribution in [0.2, 0.25) is 0 Å². The smallest absolute Gasteiger partial charge is 0.241 e. The number of nitrogens with one attached hydrogen (secondary N) is 1. The van der Waals surface area contributed by atoms with Gasteiger partial charge in [0.2, 0.25) is 5.91 Å². The summed E-state index contributed by atoms with van der Waals surface area (Å²) in [5, 5.41) is 3.51. The topological polar surface area (TPSA) is 41.6 Å². The molecule has 1 amide bonds. The molecule has 2 aliphatic heterocycles. The van der Waals surface area contributed by atoms with Crippen LogP contribution in [0.15, 0.2) is 24.3 Å². The zero-order valence-electron chi connectivity index (χ0n) is 12.8. The Bertz CT molecular complexity index is 494. The first-order valence-corrected chi connectivity index (χ1v) is 7.93. The van der Waals surface area contributed by atoms with Gasteiger partial charge in [0, 0.05) is 19.3 Å². The normalized spacial score (nSPS) is 27.3. The van der Waals surface area contributed by atoms with Crippen molar-refractivity contribution in [3.05, 3.63) is 35.4 Å². The van der Waals surface area contributed by atoms with Crippen molar-refractivity contribution < 1.29 is 9.53 Å². The van der Waals surface area contributed by atoms with Crippen LogP contribution in [0.1, 0.15) is 43.5 Å². The van der Waals surface area contributed by atoms with Crippen molar-refractivity contribution in [3.8, 4) is 0 Å². The minimum Gasteiger partial charge on any atom is -0.381 e. The predicted molar refractivity (Wildman–Crippen MR) is 81.8 cm³/mol. The van der Waals surface area contributed by atoms with E-state index in [4.69, 9.17) is 4.74 Å². The molecular weight excluding hydrogens is 264 g/mol. The van der Waals surface area contributed by atoms with Gasteiger partial charge in [0.15, 0.2) is 0 Å². The van der Waals surface area contributed by atoms with Gasteiger partial charge in [0.25, 0.3) is 0 Å². The number of amides is 1. The number of hydrogen-bond acceptors (Lipinski definition) is 3. The zero-order valence-corrected chi connectivity index (χ0v) is 12.8. The second-order valence-electron chi connectivity index (χ2n) is 6.03. The van der Waals surface area contributed by atoms with Gasteiger partial charge < -0.3 is 9.64 Å². The Kier molecular flexibility index (Phi) is 4.27. The van der Waals surface area contributed by atoms with Gasteiger partial charge >= 0.3 is 0 Å². The average Bonchev–Trinajstić information content (AvgIpc) is 2.85. The first kappa shape index (κ1) is 14.5. The molecule has 2 unspecified atom stereocenters. The zero-order chi connectivity index (χ0) is 14.8. The van der Waals surface area contributed by atoms with Gasteiger partial charge in [-0.3, -0.25) is 10.1 Å². The van der Waals surface area contributed by atoms with Gasteiger partial charge in [-0.2, -0.15) is 0 Å². The number of hydrogen-bond donors (Lipinski definition) is 1. The fourth-order valence-corrected chi connectivity index (χ4v) is 3.30. The molecule has 0 radical (unpaired) electrons. The molecule has 114 valence electrons. The van der Waals surface area contributed by atoms with Gasteiger partial charge in [-0.1, -0.05) is 36.8 Å². The van der Waals surface area contributed by atoms with Gasteiger partial charge in [-0.15, -0.1) is 0 Å². The van der Waals surface area contributed by atoms with E-state index in [-0.39, 0.29) is 18.1 Å². The standard InChI is InChI=1S/C17H24N2O2/c1-3-15-17(20)19(14-8-10-21-11-9-14)16(18-15)13-6-4-12(2)5-7-13/h4-7,14-16,18H,3,8-11H2,1-2H3. The second-order valence-corrected chi connectivity index (χ2v) is 6.03. The van der Waals surface area contributed by atoms with E-state index in [1.54, 1.807) is 0 Å². The van der Waals surface area contributed by atoms with E-state index in [1.807, 2.05) is 0 Å². The lowest BCUT2D eigenvalue weighted by atomic mass is 10.0. The summed E-state index contributed by atoms with van der Waals surface area (Å²) in [6, 6.07) is 8.72. The van der Waals surface area contributed by atoms with Crippen molar-refractivity contribution in [2.45, 2.75) is 51.4 Å². The van der Waals surface area contributed by atoms with Crippen molar-refractivity contribution in [2.75, 3.05) is 13.2 Å². The van der Waals surface area contributed by atoms with Gasteiger partial charge in [-0.05, 0) is 31.7 Å². The Morgan fingerprint density at radius 2 is 1.90 bits per heavy atom. The van der Waals surface area contributed by atoms with E-state index < -0.39 is 0 Å². The van der Waals surface area contributed by atoms with E-state index in [0.717, 1.165) is 32.5 Å². The maximum absolute atomic E-state index is 12.7. The number of ether oxygens (including phenoxy) is 1. The summed E-state index contributed by atoms with van der Waals surface area (Å²) in [6.45, 7) is 5.66. The number of benzene rings is 1. The lowest BCUT2D eigenvalue weighted by Gasteiger charge is -2.35. The third-order valence-electron chi connectivity index (χ3n) is 4.58. The summed E-state index contributed by atoms with van der Waals surface area (Å²) in [7, 11) is 0. The number of carbonyl (C=O) groups is 1. The molecule has 2 atom stereocenters. The highest BCUT2D eigenvalue weighted by Crippen LogP contribution is 2.31. The van der Waals surface area contributed by atoms with Crippen molar-refractivity contribution in [2.24, 2.45) is 0 Å². The summed E-state index contributed by atoms with van der Waals surface area (Å²) < 4.78 is 5.45. The van der Waals surface area contributed by atoms with Crippen LogP contribution in [-0.2, 0) is 9.53 Å². The molecule has 4 nitrogen and oxygen atoms in total. The van der Waals surface area contributed by atoms with E-state index >= 15 is 0 Å². The lowest BCUT2D eigenvalue weighted by Crippen LogP contribution is -2.43. The molecule has 1 aromatic carbocycles. The Hall–Kier alpha value is -1.39. The highest BCUT2D eigenvalue weighted by molar-refractivity contribution is 5.84. The first-order valence-electron chi connectivity index (χ1n) is 7.93. The molecular formula is C17H24N2O2. The van der Waals surface area contributed by atoms with Crippen LogP contribution in [0, 0.1) is 6.92 Å². The molecule has 1 N–H and O–H groups in total. The minimum absolute atomic E-state index is 0.00569. The SMILES string of the molecule is CCC1NC(c2ccc(C)cc2)N(C2CCOCC2)C1=O. The van der Waals surface area contributed by atoms with Gasteiger partial charge in [0.05, 0.1) is 6.04 Å². The maximum atomic E-state index is 12.7.